The van der Waals surface area contributed by atoms with Crippen LogP contribution in [0.4, 0.5) is 10.5 Å². The lowest BCUT2D eigenvalue weighted by Gasteiger charge is -2.14. The molecule has 1 saturated heterocycles. The number of carbonyl (C=O) groups excluding carboxylic acids is 2. The minimum absolute atomic E-state index is 0.0476. The number of carbonyl (C=O) groups is 2. The molecule has 0 saturated carbocycles. The quantitative estimate of drug-likeness (QED) is 0.864. The molecule has 2 aromatic carbocycles. The highest BCUT2D eigenvalue weighted by atomic mass is 35.5. The van der Waals surface area contributed by atoms with Crippen molar-refractivity contribution >= 4 is 40.2 Å². The van der Waals surface area contributed by atoms with Gasteiger partial charge in [-0.2, -0.15) is 0 Å². The Bertz CT molecular complexity index is 752. The lowest BCUT2D eigenvalue weighted by atomic mass is 10.3. The predicted molar refractivity (Wildman–Crippen MR) is 96.0 cm³/mol. The van der Waals surface area contributed by atoms with E-state index in [0.29, 0.717) is 28.8 Å². The van der Waals surface area contributed by atoms with Crippen molar-refractivity contribution in [3.63, 3.8) is 0 Å². The number of nitrogens with zero attached hydrogens (tertiary/aromatic N) is 1. The van der Waals surface area contributed by atoms with Gasteiger partial charge in [-0.05, 0) is 36.4 Å². The summed E-state index contributed by atoms with van der Waals surface area (Å²) >= 11 is 7.29. The maximum absolute atomic E-state index is 12.0. The molecule has 1 N–H and O–H groups in total. The monoisotopic (exact) mass is 362 g/mol. The molecule has 7 heteroatoms. The number of ether oxygens (including phenoxy) is 1. The van der Waals surface area contributed by atoms with Crippen LogP contribution in [0, 0.1) is 0 Å². The third kappa shape index (κ3) is 4.21. The zero-order valence-corrected chi connectivity index (χ0v) is 14.3. The Kier molecular flexibility index (Phi) is 5.27. The summed E-state index contributed by atoms with van der Waals surface area (Å²) < 4.78 is 5.69. The van der Waals surface area contributed by atoms with E-state index in [1.54, 1.807) is 36.4 Å². The summed E-state index contributed by atoms with van der Waals surface area (Å²) in [5, 5.41) is 3.25. The fraction of sp³-hybridized carbons (Fsp3) is 0.176. The Morgan fingerprint density at radius 2 is 1.96 bits per heavy atom. The van der Waals surface area contributed by atoms with Crippen molar-refractivity contribution in [3.8, 4) is 11.5 Å². The van der Waals surface area contributed by atoms with Gasteiger partial charge in [0.25, 0.3) is 5.24 Å². The molecule has 0 radical (unpaired) electrons. The number of amides is 2. The summed E-state index contributed by atoms with van der Waals surface area (Å²) in [5.41, 5.74) is 0.644. The molecule has 3 rings (SSSR count). The maximum Gasteiger partial charge on any atom is 0.282 e. The van der Waals surface area contributed by atoms with Crippen molar-refractivity contribution in [2.75, 3.05) is 24.2 Å². The first kappa shape index (κ1) is 16.7. The van der Waals surface area contributed by atoms with Crippen LogP contribution in [0.1, 0.15) is 0 Å². The summed E-state index contributed by atoms with van der Waals surface area (Å²) in [4.78, 5) is 25.0. The van der Waals surface area contributed by atoms with Crippen LogP contribution >= 0.6 is 23.4 Å². The van der Waals surface area contributed by atoms with Crippen molar-refractivity contribution in [3.05, 3.63) is 53.6 Å². The number of thioether (sulfide) groups is 1. The van der Waals surface area contributed by atoms with Crippen molar-refractivity contribution in [2.24, 2.45) is 0 Å². The van der Waals surface area contributed by atoms with E-state index in [1.807, 2.05) is 12.1 Å². The van der Waals surface area contributed by atoms with E-state index in [0.717, 1.165) is 5.75 Å². The fourth-order valence-corrected chi connectivity index (χ4v) is 3.20. The molecule has 1 aliphatic rings. The second-order valence-electron chi connectivity index (χ2n) is 5.14. The van der Waals surface area contributed by atoms with Crippen LogP contribution in [0.2, 0.25) is 5.02 Å². The summed E-state index contributed by atoms with van der Waals surface area (Å²) in [6.07, 6.45) is 0. The highest BCUT2D eigenvalue weighted by Gasteiger charge is 2.23. The largest absolute Gasteiger partial charge is 0.456 e. The zero-order valence-electron chi connectivity index (χ0n) is 12.7. The van der Waals surface area contributed by atoms with Gasteiger partial charge in [0.05, 0.1) is 5.02 Å². The molecule has 24 heavy (non-hydrogen) atoms. The summed E-state index contributed by atoms with van der Waals surface area (Å²) in [6.45, 7) is 0.686. The third-order valence-electron chi connectivity index (χ3n) is 3.38. The normalized spacial score (nSPS) is 13.9. The summed E-state index contributed by atoms with van der Waals surface area (Å²) in [6, 6.07) is 14.2. The van der Waals surface area contributed by atoms with E-state index in [1.165, 1.54) is 16.7 Å². The smallest absolute Gasteiger partial charge is 0.282 e. The van der Waals surface area contributed by atoms with Gasteiger partial charge in [-0.15, -0.1) is 0 Å². The van der Waals surface area contributed by atoms with Crippen LogP contribution in [-0.2, 0) is 4.79 Å². The van der Waals surface area contributed by atoms with Crippen LogP contribution in [0.25, 0.3) is 0 Å². The third-order valence-corrected chi connectivity index (χ3v) is 4.59. The van der Waals surface area contributed by atoms with E-state index in [4.69, 9.17) is 16.3 Å². The molecular formula is C17H15ClN2O3S. The number of anilines is 1. The molecule has 124 valence electrons. The SMILES string of the molecule is O=C(CN1CCSC1=O)Nc1ccc(Oc2ccccc2Cl)cc1. The van der Waals surface area contributed by atoms with E-state index in [9.17, 15) is 9.59 Å². The average Bonchev–Trinajstić information content (AvgIpc) is 2.96. The molecule has 1 fully saturated rings. The summed E-state index contributed by atoms with van der Waals surface area (Å²) in [5.74, 6) is 1.71. The van der Waals surface area contributed by atoms with Crippen LogP contribution in [0.15, 0.2) is 48.5 Å². The van der Waals surface area contributed by atoms with Crippen molar-refractivity contribution < 1.29 is 14.3 Å². The molecule has 0 unspecified atom stereocenters. The topological polar surface area (TPSA) is 58.6 Å². The number of benzene rings is 2. The number of hydrogen-bond acceptors (Lipinski definition) is 4. The molecule has 1 aliphatic heterocycles. The van der Waals surface area contributed by atoms with Crippen molar-refractivity contribution in [1.82, 2.24) is 4.90 Å². The molecule has 0 bridgehead atoms. The Balaban J connectivity index is 1.57. The van der Waals surface area contributed by atoms with Crippen LogP contribution < -0.4 is 10.1 Å². The number of rotatable bonds is 5. The minimum atomic E-state index is -0.217. The Labute approximate surface area is 148 Å². The highest BCUT2D eigenvalue weighted by molar-refractivity contribution is 8.13. The van der Waals surface area contributed by atoms with Gasteiger partial charge in [0.1, 0.15) is 18.0 Å². The van der Waals surface area contributed by atoms with Gasteiger partial charge in [0, 0.05) is 18.0 Å². The highest BCUT2D eigenvalue weighted by Crippen LogP contribution is 2.29. The number of nitrogens with one attached hydrogen (secondary N) is 1. The van der Waals surface area contributed by atoms with Gasteiger partial charge in [-0.25, -0.2) is 0 Å². The molecular weight excluding hydrogens is 348 g/mol. The van der Waals surface area contributed by atoms with Crippen molar-refractivity contribution in [2.45, 2.75) is 0 Å². The first-order valence-electron chi connectivity index (χ1n) is 7.36. The zero-order chi connectivity index (χ0) is 16.9. The Hall–Kier alpha value is -2.18. The average molecular weight is 363 g/mol. The lowest BCUT2D eigenvalue weighted by Crippen LogP contribution is -2.33. The Morgan fingerprint density at radius 3 is 2.62 bits per heavy atom. The summed E-state index contributed by atoms with van der Waals surface area (Å²) in [7, 11) is 0. The van der Waals surface area contributed by atoms with Gasteiger partial charge in [-0.1, -0.05) is 35.5 Å². The van der Waals surface area contributed by atoms with Gasteiger partial charge in [-0.3, -0.25) is 9.59 Å². The van der Waals surface area contributed by atoms with Crippen molar-refractivity contribution in [1.29, 1.82) is 0 Å². The van der Waals surface area contributed by atoms with E-state index >= 15 is 0 Å². The predicted octanol–water partition coefficient (Wildman–Crippen LogP) is 4.24. The number of para-hydroxylation sites is 1. The molecule has 2 amide bonds. The van der Waals surface area contributed by atoms with Crippen LogP contribution in [0.5, 0.6) is 11.5 Å². The minimum Gasteiger partial charge on any atom is -0.456 e. The van der Waals surface area contributed by atoms with Crippen LogP contribution in [-0.4, -0.2) is 34.9 Å². The molecule has 2 aromatic rings. The second-order valence-corrected chi connectivity index (χ2v) is 6.59. The van der Waals surface area contributed by atoms with Gasteiger partial charge in [0.15, 0.2) is 0 Å². The molecule has 0 aliphatic carbocycles. The Morgan fingerprint density at radius 1 is 1.21 bits per heavy atom. The fourth-order valence-electron chi connectivity index (χ4n) is 2.20. The molecule has 0 spiro atoms. The molecule has 0 atom stereocenters. The number of hydrogen-bond donors (Lipinski definition) is 1. The van der Waals surface area contributed by atoms with Gasteiger partial charge >= 0.3 is 0 Å². The van der Waals surface area contributed by atoms with E-state index in [2.05, 4.69) is 5.32 Å². The lowest BCUT2D eigenvalue weighted by molar-refractivity contribution is -0.116. The standard InChI is InChI=1S/C17H15ClN2O3S/c18-14-3-1-2-4-15(14)23-13-7-5-12(6-8-13)19-16(21)11-20-9-10-24-17(20)22/h1-8H,9-11H2,(H,19,21). The molecule has 0 aromatic heterocycles. The maximum atomic E-state index is 12.0. The second kappa shape index (κ2) is 7.59. The van der Waals surface area contributed by atoms with Gasteiger partial charge < -0.3 is 15.0 Å². The van der Waals surface area contributed by atoms with E-state index < -0.39 is 0 Å². The first-order chi connectivity index (χ1) is 11.6. The number of halogens is 1. The van der Waals surface area contributed by atoms with E-state index in [-0.39, 0.29) is 17.7 Å². The molecule has 5 nitrogen and oxygen atoms in total. The first-order valence-corrected chi connectivity index (χ1v) is 8.72. The van der Waals surface area contributed by atoms with Crippen LogP contribution in [0.3, 0.4) is 0 Å². The van der Waals surface area contributed by atoms with Gasteiger partial charge in [0.2, 0.25) is 5.91 Å². The molecule has 1 heterocycles.